The monoisotopic (exact) mass is 268 g/mol. The van der Waals surface area contributed by atoms with Crippen LogP contribution in [0.3, 0.4) is 0 Å². The van der Waals surface area contributed by atoms with Crippen LogP contribution in [0.1, 0.15) is 18.2 Å². The number of aromatic nitrogens is 1. The minimum atomic E-state index is 0.555. The summed E-state index contributed by atoms with van der Waals surface area (Å²) in [7, 11) is 0. The first-order valence-corrected chi connectivity index (χ1v) is 6.88. The molecule has 3 nitrogen and oxygen atoms in total. The van der Waals surface area contributed by atoms with Crippen molar-refractivity contribution in [3.05, 3.63) is 66.0 Å². The van der Waals surface area contributed by atoms with E-state index in [0.717, 1.165) is 24.5 Å². The van der Waals surface area contributed by atoms with Gasteiger partial charge in [0.25, 0.3) is 0 Å². The third-order valence-electron chi connectivity index (χ3n) is 2.80. The van der Waals surface area contributed by atoms with Gasteiger partial charge in [-0.2, -0.15) is 0 Å². The fraction of sp³-hybridized carbons (Fsp3) is 0.235. The molecular weight excluding hydrogens is 248 g/mol. The standard InChI is InChI=1S/C17H20N2O/c1-2-18-14-16-13-17(10-11-19-16)20-12-6-9-15-7-4-3-5-8-15/h3-11,13,18H,2,12,14H2,1H3. The Kier molecular flexibility index (Phi) is 5.80. The van der Waals surface area contributed by atoms with Crippen molar-refractivity contribution in [3.8, 4) is 5.75 Å². The Morgan fingerprint density at radius 3 is 2.85 bits per heavy atom. The second kappa shape index (κ2) is 8.12. The molecule has 0 bridgehead atoms. The lowest BCUT2D eigenvalue weighted by Crippen LogP contribution is -2.12. The van der Waals surface area contributed by atoms with Crippen molar-refractivity contribution in [2.24, 2.45) is 0 Å². The highest BCUT2D eigenvalue weighted by atomic mass is 16.5. The van der Waals surface area contributed by atoms with E-state index in [9.17, 15) is 0 Å². The highest BCUT2D eigenvalue weighted by molar-refractivity contribution is 5.48. The maximum Gasteiger partial charge on any atom is 0.123 e. The average molecular weight is 268 g/mol. The number of hydrogen-bond acceptors (Lipinski definition) is 3. The third-order valence-corrected chi connectivity index (χ3v) is 2.80. The Balaban J connectivity index is 1.83. The van der Waals surface area contributed by atoms with E-state index in [1.165, 1.54) is 5.56 Å². The van der Waals surface area contributed by atoms with Crippen LogP contribution in [0.2, 0.25) is 0 Å². The quantitative estimate of drug-likeness (QED) is 0.836. The number of hydrogen-bond donors (Lipinski definition) is 1. The largest absolute Gasteiger partial charge is 0.489 e. The molecule has 1 heterocycles. The lowest BCUT2D eigenvalue weighted by molar-refractivity contribution is 0.362. The van der Waals surface area contributed by atoms with E-state index in [1.54, 1.807) is 6.20 Å². The summed E-state index contributed by atoms with van der Waals surface area (Å²) >= 11 is 0. The van der Waals surface area contributed by atoms with Gasteiger partial charge in [0, 0.05) is 18.8 Å². The van der Waals surface area contributed by atoms with Gasteiger partial charge in [-0.15, -0.1) is 0 Å². The predicted octanol–water partition coefficient (Wildman–Crippen LogP) is 3.28. The first-order valence-electron chi connectivity index (χ1n) is 6.88. The molecule has 0 aliphatic carbocycles. The van der Waals surface area contributed by atoms with Gasteiger partial charge >= 0.3 is 0 Å². The number of nitrogens with zero attached hydrogens (tertiary/aromatic N) is 1. The molecule has 2 aromatic rings. The van der Waals surface area contributed by atoms with Crippen LogP contribution in [-0.4, -0.2) is 18.1 Å². The van der Waals surface area contributed by atoms with Gasteiger partial charge in [0.15, 0.2) is 0 Å². The zero-order valence-corrected chi connectivity index (χ0v) is 11.8. The molecule has 2 rings (SSSR count). The molecule has 0 unspecified atom stereocenters. The Labute approximate surface area is 120 Å². The van der Waals surface area contributed by atoms with Gasteiger partial charge in [0.2, 0.25) is 0 Å². The summed E-state index contributed by atoms with van der Waals surface area (Å²) in [5, 5.41) is 3.25. The van der Waals surface area contributed by atoms with E-state index in [2.05, 4.69) is 35.4 Å². The number of ether oxygens (including phenoxy) is 1. The molecule has 20 heavy (non-hydrogen) atoms. The molecule has 0 radical (unpaired) electrons. The minimum Gasteiger partial charge on any atom is -0.489 e. The molecule has 0 fully saturated rings. The Morgan fingerprint density at radius 2 is 2.05 bits per heavy atom. The second-order valence-corrected chi connectivity index (χ2v) is 4.39. The highest BCUT2D eigenvalue weighted by Crippen LogP contribution is 2.11. The van der Waals surface area contributed by atoms with Gasteiger partial charge in [-0.3, -0.25) is 4.98 Å². The molecule has 104 valence electrons. The Hall–Kier alpha value is -2.13. The molecular formula is C17H20N2O. The van der Waals surface area contributed by atoms with Crippen molar-refractivity contribution in [1.29, 1.82) is 0 Å². The van der Waals surface area contributed by atoms with Crippen LogP contribution in [0.15, 0.2) is 54.7 Å². The van der Waals surface area contributed by atoms with E-state index in [4.69, 9.17) is 4.74 Å². The Bertz CT molecular complexity index is 538. The van der Waals surface area contributed by atoms with E-state index < -0.39 is 0 Å². The maximum absolute atomic E-state index is 5.69. The number of pyridine rings is 1. The van der Waals surface area contributed by atoms with Crippen molar-refractivity contribution in [1.82, 2.24) is 10.3 Å². The maximum atomic E-state index is 5.69. The molecule has 0 saturated heterocycles. The molecule has 0 amide bonds. The van der Waals surface area contributed by atoms with Crippen LogP contribution >= 0.6 is 0 Å². The normalized spacial score (nSPS) is 10.8. The molecule has 0 aliphatic heterocycles. The van der Waals surface area contributed by atoms with Crippen LogP contribution in [-0.2, 0) is 6.54 Å². The number of benzene rings is 1. The summed E-state index contributed by atoms with van der Waals surface area (Å²) in [5.41, 5.74) is 2.18. The summed E-state index contributed by atoms with van der Waals surface area (Å²) in [5.74, 6) is 0.852. The van der Waals surface area contributed by atoms with Crippen molar-refractivity contribution in [2.75, 3.05) is 13.2 Å². The van der Waals surface area contributed by atoms with Crippen LogP contribution < -0.4 is 10.1 Å². The second-order valence-electron chi connectivity index (χ2n) is 4.39. The molecule has 1 N–H and O–H groups in total. The average Bonchev–Trinajstić information content (AvgIpc) is 2.51. The van der Waals surface area contributed by atoms with Crippen LogP contribution in [0.25, 0.3) is 6.08 Å². The molecule has 0 aliphatic rings. The van der Waals surface area contributed by atoms with Gasteiger partial charge in [-0.25, -0.2) is 0 Å². The summed E-state index contributed by atoms with van der Waals surface area (Å²) in [6.07, 6.45) is 5.85. The van der Waals surface area contributed by atoms with Gasteiger partial charge in [-0.05, 0) is 24.3 Å². The smallest absolute Gasteiger partial charge is 0.123 e. The van der Waals surface area contributed by atoms with Crippen molar-refractivity contribution < 1.29 is 4.74 Å². The van der Waals surface area contributed by atoms with E-state index in [-0.39, 0.29) is 0 Å². The summed E-state index contributed by atoms with van der Waals surface area (Å²) in [4.78, 5) is 4.29. The van der Waals surface area contributed by atoms with Gasteiger partial charge in [-0.1, -0.05) is 43.3 Å². The molecule has 1 aromatic carbocycles. The molecule has 0 spiro atoms. The van der Waals surface area contributed by atoms with Crippen molar-refractivity contribution >= 4 is 6.08 Å². The molecule has 3 heteroatoms. The van der Waals surface area contributed by atoms with Crippen molar-refractivity contribution in [3.63, 3.8) is 0 Å². The summed E-state index contributed by atoms with van der Waals surface area (Å²) in [6, 6.07) is 14.0. The van der Waals surface area contributed by atoms with Crippen LogP contribution in [0, 0.1) is 0 Å². The number of nitrogens with one attached hydrogen (secondary N) is 1. The van der Waals surface area contributed by atoms with Gasteiger partial charge in [0.05, 0.1) is 5.69 Å². The zero-order valence-electron chi connectivity index (χ0n) is 11.8. The van der Waals surface area contributed by atoms with E-state index >= 15 is 0 Å². The Morgan fingerprint density at radius 1 is 1.20 bits per heavy atom. The predicted molar refractivity (Wildman–Crippen MR) is 82.6 cm³/mol. The first-order chi connectivity index (χ1) is 9.88. The van der Waals surface area contributed by atoms with Gasteiger partial charge < -0.3 is 10.1 Å². The summed E-state index contributed by atoms with van der Waals surface area (Å²) < 4.78 is 5.69. The van der Waals surface area contributed by atoms with E-state index in [1.807, 2.05) is 36.4 Å². The molecule has 1 aromatic heterocycles. The molecule has 0 saturated carbocycles. The lowest BCUT2D eigenvalue weighted by Gasteiger charge is -2.05. The SMILES string of the molecule is CCNCc1cc(OCC=Cc2ccccc2)ccn1. The molecule has 0 atom stereocenters. The summed E-state index contributed by atoms with van der Waals surface area (Å²) in [6.45, 7) is 4.34. The van der Waals surface area contributed by atoms with E-state index in [0.29, 0.717) is 6.61 Å². The van der Waals surface area contributed by atoms with Crippen LogP contribution in [0.4, 0.5) is 0 Å². The van der Waals surface area contributed by atoms with Crippen LogP contribution in [0.5, 0.6) is 5.75 Å². The third kappa shape index (κ3) is 4.86. The minimum absolute atomic E-state index is 0.555. The topological polar surface area (TPSA) is 34.1 Å². The van der Waals surface area contributed by atoms with Gasteiger partial charge in [0.1, 0.15) is 12.4 Å². The fourth-order valence-electron chi connectivity index (χ4n) is 1.79. The fourth-order valence-corrected chi connectivity index (χ4v) is 1.79. The number of rotatable bonds is 7. The highest BCUT2D eigenvalue weighted by Gasteiger charge is 1.97. The zero-order chi connectivity index (χ0) is 14.0. The first kappa shape index (κ1) is 14.3. The van der Waals surface area contributed by atoms with Crippen molar-refractivity contribution in [2.45, 2.75) is 13.5 Å². The lowest BCUT2D eigenvalue weighted by atomic mass is 10.2.